The fourth-order valence-electron chi connectivity index (χ4n) is 2.94. The smallest absolute Gasteiger partial charge is 0.410 e. The first kappa shape index (κ1) is 17.7. The average molecular weight is 355 g/mol. The van der Waals surface area contributed by atoms with E-state index in [9.17, 15) is 9.59 Å². The van der Waals surface area contributed by atoms with E-state index in [0.29, 0.717) is 25.5 Å². The van der Waals surface area contributed by atoms with Gasteiger partial charge in [0.05, 0.1) is 5.56 Å². The molecule has 0 aliphatic carbocycles. The number of piperazine rings is 1. The summed E-state index contributed by atoms with van der Waals surface area (Å²) in [7, 11) is 0. The molecule has 1 aromatic heterocycles. The van der Waals surface area contributed by atoms with Crippen molar-refractivity contribution in [3.8, 4) is 0 Å². The van der Waals surface area contributed by atoms with Crippen LogP contribution in [0.5, 0.6) is 0 Å². The summed E-state index contributed by atoms with van der Waals surface area (Å²) in [6.07, 6.45) is 1.03. The van der Waals surface area contributed by atoms with Gasteiger partial charge in [0, 0.05) is 31.9 Å². The maximum absolute atomic E-state index is 12.3. The Bertz CT molecular complexity index is 764. The van der Waals surface area contributed by atoms with Crippen LogP contribution in [0.3, 0.4) is 0 Å². The molecule has 1 aliphatic heterocycles. The van der Waals surface area contributed by atoms with E-state index in [2.05, 4.69) is 4.98 Å². The van der Waals surface area contributed by atoms with Crippen molar-refractivity contribution >= 4 is 17.9 Å². The Morgan fingerprint density at radius 3 is 2.58 bits per heavy atom. The minimum Gasteiger partial charge on any atom is -0.478 e. The largest absolute Gasteiger partial charge is 0.478 e. The Hall–Kier alpha value is -3.09. The van der Waals surface area contributed by atoms with Crippen LogP contribution in [-0.4, -0.2) is 52.7 Å². The molecule has 0 spiro atoms. The Labute approximate surface area is 151 Å². The molecular formula is C19H21N3O4. The lowest BCUT2D eigenvalue weighted by Gasteiger charge is -2.39. The van der Waals surface area contributed by atoms with E-state index in [1.807, 2.05) is 42.2 Å². The summed E-state index contributed by atoms with van der Waals surface area (Å²) in [5.41, 5.74) is 1.11. The molecular weight excluding hydrogens is 334 g/mol. The molecule has 0 saturated carbocycles. The van der Waals surface area contributed by atoms with Crippen molar-refractivity contribution in [2.75, 3.05) is 24.5 Å². The SMILES string of the molecule is C[C@H]1CN(c2ccc(C(=O)O)cn2)CCN1C(=O)OCc1ccccc1. The van der Waals surface area contributed by atoms with E-state index in [0.717, 1.165) is 5.56 Å². The second-order valence-electron chi connectivity index (χ2n) is 6.24. The highest BCUT2D eigenvalue weighted by Crippen LogP contribution is 2.18. The van der Waals surface area contributed by atoms with Crippen LogP contribution in [0, 0.1) is 0 Å². The van der Waals surface area contributed by atoms with Gasteiger partial charge in [-0.25, -0.2) is 14.6 Å². The minimum absolute atomic E-state index is 0.0343. The molecule has 7 nitrogen and oxygen atoms in total. The highest BCUT2D eigenvalue weighted by Gasteiger charge is 2.29. The molecule has 136 valence electrons. The molecule has 2 aromatic rings. The summed E-state index contributed by atoms with van der Waals surface area (Å²) < 4.78 is 5.41. The van der Waals surface area contributed by atoms with Crippen molar-refractivity contribution in [3.05, 3.63) is 59.8 Å². The van der Waals surface area contributed by atoms with E-state index in [-0.39, 0.29) is 24.3 Å². The van der Waals surface area contributed by atoms with Crippen LogP contribution in [-0.2, 0) is 11.3 Å². The maximum atomic E-state index is 12.3. The lowest BCUT2D eigenvalue weighted by atomic mass is 10.2. The van der Waals surface area contributed by atoms with Crippen LogP contribution in [0.25, 0.3) is 0 Å². The van der Waals surface area contributed by atoms with Crippen LogP contribution >= 0.6 is 0 Å². The lowest BCUT2D eigenvalue weighted by molar-refractivity contribution is 0.0695. The monoisotopic (exact) mass is 355 g/mol. The molecule has 1 N–H and O–H groups in total. The van der Waals surface area contributed by atoms with Crippen molar-refractivity contribution in [3.63, 3.8) is 0 Å². The summed E-state index contributed by atoms with van der Waals surface area (Å²) in [6.45, 7) is 3.97. The molecule has 1 saturated heterocycles. The van der Waals surface area contributed by atoms with Crippen molar-refractivity contribution in [1.82, 2.24) is 9.88 Å². The molecule has 1 atom stereocenters. The number of benzene rings is 1. The third-order valence-electron chi connectivity index (χ3n) is 4.39. The lowest BCUT2D eigenvalue weighted by Crippen LogP contribution is -2.54. The van der Waals surface area contributed by atoms with E-state index < -0.39 is 5.97 Å². The molecule has 0 unspecified atom stereocenters. The number of carbonyl (C=O) groups is 2. The Kier molecular flexibility index (Phi) is 5.36. The molecule has 0 bridgehead atoms. The van der Waals surface area contributed by atoms with E-state index in [1.54, 1.807) is 11.0 Å². The number of nitrogens with zero attached hydrogens (tertiary/aromatic N) is 3. The van der Waals surface area contributed by atoms with Gasteiger partial charge in [-0.3, -0.25) is 0 Å². The van der Waals surface area contributed by atoms with Gasteiger partial charge in [-0.05, 0) is 24.6 Å². The van der Waals surface area contributed by atoms with Crippen LogP contribution < -0.4 is 4.90 Å². The summed E-state index contributed by atoms with van der Waals surface area (Å²) in [5.74, 6) is -0.289. The second-order valence-corrected chi connectivity index (χ2v) is 6.24. The van der Waals surface area contributed by atoms with Gasteiger partial charge in [-0.2, -0.15) is 0 Å². The number of hydrogen-bond donors (Lipinski definition) is 1. The van der Waals surface area contributed by atoms with Crippen LogP contribution in [0.4, 0.5) is 10.6 Å². The van der Waals surface area contributed by atoms with Crippen molar-refractivity contribution in [2.24, 2.45) is 0 Å². The second kappa shape index (κ2) is 7.86. The fourth-order valence-corrected chi connectivity index (χ4v) is 2.94. The predicted octanol–water partition coefficient (Wildman–Crippen LogP) is 2.63. The number of amides is 1. The van der Waals surface area contributed by atoms with E-state index in [1.165, 1.54) is 12.3 Å². The van der Waals surface area contributed by atoms with Gasteiger partial charge in [-0.1, -0.05) is 30.3 Å². The number of hydrogen-bond acceptors (Lipinski definition) is 5. The van der Waals surface area contributed by atoms with Crippen molar-refractivity contribution < 1.29 is 19.4 Å². The number of carboxylic acids is 1. The van der Waals surface area contributed by atoms with Gasteiger partial charge >= 0.3 is 12.1 Å². The number of rotatable bonds is 4. The van der Waals surface area contributed by atoms with E-state index in [4.69, 9.17) is 9.84 Å². The molecule has 26 heavy (non-hydrogen) atoms. The average Bonchev–Trinajstić information content (AvgIpc) is 2.67. The zero-order valence-electron chi connectivity index (χ0n) is 14.5. The standard InChI is InChI=1S/C19H21N3O4/c1-14-12-21(17-8-7-16(11-20-17)18(23)24)9-10-22(14)19(25)26-13-15-5-3-2-4-6-15/h2-8,11,14H,9-10,12-13H2,1H3,(H,23,24)/t14-/m0/s1. The van der Waals surface area contributed by atoms with Gasteiger partial charge in [0.15, 0.2) is 0 Å². The number of carboxylic acid groups (broad SMARTS) is 1. The first-order chi connectivity index (χ1) is 12.5. The summed E-state index contributed by atoms with van der Waals surface area (Å²) in [4.78, 5) is 31.2. The van der Waals surface area contributed by atoms with Crippen LogP contribution in [0.2, 0.25) is 0 Å². The van der Waals surface area contributed by atoms with Crippen LogP contribution in [0.15, 0.2) is 48.7 Å². The molecule has 3 rings (SSSR count). The normalized spacial score (nSPS) is 17.0. The Balaban J connectivity index is 1.56. The fraction of sp³-hybridized carbons (Fsp3) is 0.316. The predicted molar refractivity (Wildman–Crippen MR) is 96.2 cm³/mol. The molecule has 2 heterocycles. The third kappa shape index (κ3) is 4.11. The first-order valence-electron chi connectivity index (χ1n) is 8.46. The minimum atomic E-state index is -0.997. The van der Waals surface area contributed by atoms with Crippen molar-refractivity contribution in [1.29, 1.82) is 0 Å². The molecule has 1 amide bonds. The third-order valence-corrected chi connectivity index (χ3v) is 4.39. The highest BCUT2D eigenvalue weighted by atomic mass is 16.6. The number of aromatic nitrogens is 1. The van der Waals surface area contributed by atoms with Gasteiger partial charge < -0.3 is 19.6 Å². The summed E-state index contributed by atoms with van der Waals surface area (Å²) >= 11 is 0. The Morgan fingerprint density at radius 2 is 1.96 bits per heavy atom. The number of pyridine rings is 1. The summed E-state index contributed by atoms with van der Waals surface area (Å²) in [5, 5.41) is 8.95. The molecule has 0 radical (unpaired) electrons. The number of aromatic carboxylic acids is 1. The van der Waals surface area contributed by atoms with E-state index >= 15 is 0 Å². The maximum Gasteiger partial charge on any atom is 0.410 e. The Morgan fingerprint density at radius 1 is 1.19 bits per heavy atom. The topological polar surface area (TPSA) is 83.0 Å². The molecule has 7 heteroatoms. The number of ether oxygens (including phenoxy) is 1. The molecule has 1 fully saturated rings. The van der Waals surface area contributed by atoms with Gasteiger partial charge in [-0.15, -0.1) is 0 Å². The molecule has 1 aromatic carbocycles. The summed E-state index contributed by atoms with van der Waals surface area (Å²) in [6, 6.07) is 12.8. The first-order valence-corrected chi connectivity index (χ1v) is 8.46. The van der Waals surface area contributed by atoms with Crippen LogP contribution in [0.1, 0.15) is 22.8 Å². The number of anilines is 1. The zero-order valence-corrected chi connectivity index (χ0v) is 14.5. The zero-order chi connectivity index (χ0) is 18.5. The van der Waals surface area contributed by atoms with Crippen molar-refractivity contribution in [2.45, 2.75) is 19.6 Å². The quantitative estimate of drug-likeness (QED) is 0.908. The highest BCUT2D eigenvalue weighted by molar-refractivity contribution is 5.87. The van der Waals surface area contributed by atoms with Gasteiger partial charge in [0.2, 0.25) is 0 Å². The molecule has 1 aliphatic rings. The number of carbonyl (C=O) groups excluding carboxylic acids is 1. The van der Waals surface area contributed by atoms with Gasteiger partial charge in [0.1, 0.15) is 12.4 Å². The van der Waals surface area contributed by atoms with Gasteiger partial charge in [0.25, 0.3) is 0 Å².